The smallest absolute Gasteiger partial charge is 0.335 e. The van der Waals surface area contributed by atoms with Crippen molar-refractivity contribution in [3.05, 3.63) is 105 Å². The van der Waals surface area contributed by atoms with Gasteiger partial charge in [0.1, 0.15) is 12.2 Å². The van der Waals surface area contributed by atoms with Crippen molar-refractivity contribution in [2.45, 2.75) is 26.9 Å². The van der Waals surface area contributed by atoms with Gasteiger partial charge in [0.25, 0.3) is 11.8 Å². The van der Waals surface area contributed by atoms with E-state index < -0.39 is 17.8 Å². The molecular formula is C32H27IN2O5. The van der Waals surface area contributed by atoms with E-state index in [4.69, 9.17) is 9.47 Å². The monoisotopic (exact) mass is 646 g/mol. The molecule has 1 heterocycles. The number of nitrogens with one attached hydrogen (secondary N) is 1. The molecule has 0 atom stereocenters. The highest BCUT2D eigenvalue weighted by Gasteiger charge is 2.37. The van der Waals surface area contributed by atoms with Crippen molar-refractivity contribution in [2.75, 3.05) is 11.5 Å². The van der Waals surface area contributed by atoms with Gasteiger partial charge in [-0.15, -0.1) is 0 Å². The van der Waals surface area contributed by atoms with E-state index in [1.165, 1.54) is 6.08 Å². The van der Waals surface area contributed by atoms with E-state index >= 15 is 0 Å². The topological polar surface area (TPSA) is 84.9 Å². The maximum absolute atomic E-state index is 13.5. The van der Waals surface area contributed by atoms with Gasteiger partial charge in [-0.3, -0.25) is 14.9 Å². The van der Waals surface area contributed by atoms with Gasteiger partial charge in [0.2, 0.25) is 0 Å². The molecule has 1 aliphatic rings. The summed E-state index contributed by atoms with van der Waals surface area (Å²) in [4.78, 5) is 40.0. The molecule has 1 saturated heterocycles. The number of nitrogens with zero attached hydrogens (tertiary/aromatic N) is 1. The van der Waals surface area contributed by atoms with Gasteiger partial charge in [0, 0.05) is 0 Å². The Morgan fingerprint density at radius 3 is 2.40 bits per heavy atom. The first-order chi connectivity index (χ1) is 19.4. The lowest BCUT2D eigenvalue weighted by Gasteiger charge is -2.28. The number of carbonyl (C=O) groups is 3. The molecular weight excluding hydrogens is 619 g/mol. The number of ether oxygens (including phenoxy) is 2. The summed E-state index contributed by atoms with van der Waals surface area (Å²) in [6.45, 7) is 4.55. The molecule has 4 aromatic rings. The summed E-state index contributed by atoms with van der Waals surface area (Å²) in [5, 5.41) is 4.55. The van der Waals surface area contributed by atoms with Crippen LogP contribution in [0.2, 0.25) is 0 Å². The van der Waals surface area contributed by atoms with Crippen LogP contribution in [0.1, 0.15) is 30.5 Å². The Labute approximate surface area is 245 Å². The maximum Gasteiger partial charge on any atom is 0.335 e. The Morgan fingerprint density at radius 2 is 1.60 bits per heavy atom. The van der Waals surface area contributed by atoms with Gasteiger partial charge in [-0.05, 0) is 87.7 Å². The number of hydrogen-bond acceptors (Lipinski definition) is 5. The first-order valence-electron chi connectivity index (χ1n) is 13.0. The van der Waals surface area contributed by atoms with E-state index in [2.05, 4.69) is 46.1 Å². The van der Waals surface area contributed by atoms with Crippen molar-refractivity contribution < 1.29 is 23.9 Å². The van der Waals surface area contributed by atoms with Gasteiger partial charge in [-0.1, -0.05) is 67.6 Å². The molecule has 0 saturated carbocycles. The highest BCUT2D eigenvalue weighted by molar-refractivity contribution is 14.1. The average molecular weight is 646 g/mol. The van der Waals surface area contributed by atoms with Gasteiger partial charge in [-0.2, -0.15) is 0 Å². The summed E-state index contributed by atoms with van der Waals surface area (Å²) in [6.07, 6.45) is 2.10. The molecule has 1 aliphatic heterocycles. The average Bonchev–Trinajstić information content (AvgIpc) is 2.95. The SMILES string of the molecule is CCOc1cc(/C=C2/C(=O)NC(=O)N(c3ccccc3CC)C2=O)cc(I)c1OCc1cccc2ccccc12. The summed E-state index contributed by atoms with van der Waals surface area (Å²) in [7, 11) is 0. The van der Waals surface area contributed by atoms with Crippen LogP contribution in [0.4, 0.5) is 10.5 Å². The maximum atomic E-state index is 13.5. The molecule has 4 aromatic carbocycles. The van der Waals surface area contributed by atoms with Gasteiger partial charge >= 0.3 is 6.03 Å². The molecule has 202 valence electrons. The molecule has 1 N–H and O–H groups in total. The number of barbiturate groups is 1. The predicted octanol–water partition coefficient (Wildman–Crippen LogP) is 6.65. The summed E-state index contributed by atoms with van der Waals surface area (Å²) >= 11 is 2.16. The van der Waals surface area contributed by atoms with Crippen molar-refractivity contribution in [1.82, 2.24) is 5.32 Å². The summed E-state index contributed by atoms with van der Waals surface area (Å²) in [5.41, 5.74) is 2.74. The van der Waals surface area contributed by atoms with Crippen LogP contribution in [0.5, 0.6) is 11.5 Å². The van der Waals surface area contributed by atoms with E-state index in [9.17, 15) is 14.4 Å². The van der Waals surface area contributed by atoms with E-state index in [1.54, 1.807) is 18.2 Å². The minimum absolute atomic E-state index is 0.145. The number of aryl methyl sites for hydroxylation is 1. The Kier molecular flexibility index (Phi) is 8.16. The zero-order chi connectivity index (χ0) is 28.2. The molecule has 8 heteroatoms. The highest BCUT2D eigenvalue weighted by Crippen LogP contribution is 2.36. The fraction of sp³-hybridized carbons (Fsp3) is 0.156. The fourth-order valence-corrected chi connectivity index (χ4v) is 5.49. The second-order valence-corrected chi connectivity index (χ2v) is 10.3. The minimum Gasteiger partial charge on any atom is -0.490 e. The Hall–Kier alpha value is -4.18. The molecule has 0 unspecified atom stereocenters. The van der Waals surface area contributed by atoms with Crippen LogP contribution in [0.25, 0.3) is 16.8 Å². The van der Waals surface area contributed by atoms with Gasteiger partial charge in [0.05, 0.1) is 15.9 Å². The summed E-state index contributed by atoms with van der Waals surface area (Å²) in [5.74, 6) is -0.358. The van der Waals surface area contributed by atoms with Gasteiger partial charge < -0.3 is 9.47 Å². The van der Waals surface area contributed by atoms with Crippen LogP contribution in [-0.4, -0.2) is 24.5 Å². The third kappa shape index (κ3) is 5.44. The number of hydrogen-bond donors (Lipinski definition) is 1. The van der Waals surface area contributed by atoms with E-state index in [0.29, 0.717) is 42.4 Å². The van der Waals surface area contributed by atoms with Gasteiger partial charge in [0.15, 0.2) is 11.5 Å². The van der Waals surface area contributed by atoms with Crippen molar-refractivity contribution in [1.29, 1.82) is 0 Å². The second kappa shape index (κ2) is 11.9. The summed E-state index contributed by atoms with van der Waals surface area (Å²) in [6, 6.07) is 24.2. The number of carbonyl (C=O) groups excluding carboxylic acids is 3. The molecule has 0 radical (unpaired) electrons. The molecule has 0 aliphatic carbocycles. The number of halogens is 1. The lowest BCUT2D eigenvalue weighted by molar-refractivity contribution is -0.122. The number of amides is 4. The highest BCUT2D eigenvalue weighted by atomic mass is 127. The van der Waals surface area contributed by atoms with Gasteiger partial charge in [-0.25, -0.2) is 9.69 Å². The largest absolute Gasteiger partial charge is 0.490 e. The number of fused-ring (bicyclic) bond motifs is 1. The molecule has 5 rings (SSSR count). The van der Waals surface area contributed by atoms with E-state index in [1.807, 2.05) is 56.3 Å². The van der Waals surface area contributed by atoms with Crippen LogP contribution in [0.3, 0.4) is 0 Å². The van der Waals surface area contributed by atoms with Crippen LogP contribution in [0.15, 0.2) is 84.4 Å². The molecule has 0 bridgehead atoms. The van der Waals surface area contributed by atoms with Crippen LogP contribution >= 0.6 is 22.6 Å². The Morgan fingerprint density at radius 1 is 0.875 bits per heavy atom. The van der Waals surface area contributed by atoms with Crippen molar-refractivity contribution in [3.63, 3.8) is 0 Å². The third-order valence-electron chi connectivity index (χ3n) is 6.61. The molecule has 0 aromatic heterocycles. The second-order valence-electron chi connectivity index (χ2n) is 9.13. The fourth-order valence-electron chi connectivity index (χ4n) is 4.71. The number of imide groups is 2. The molecule has 1 fully saturated rings. The number of anilines is 1. The Balaban J connectivity index is 1.47. The zero-order valence-electron chi connectivity index (χ0n) is 22.1. The van der Waals surface area contributed by atoms with Crippen molar-refractivity contribution in [3.8, 4) is 11.5 Å². The number of para-hydroxylation sites is 1. The van der Waals surface area contributed by atoms with E-state index in [-0.39, 0.29) is 5.57 Å². The van der Waals surface area contributed by atoms with Crippen LogP contribution in [0, 0.1) is 3.57 Å². The quantitative estimate of drug-likeness (QED) is 0.132. The van der Waals surface area contributed by atoms with Crippen molar-refractivity contribution in [2.24, 2.45) is 0 Å². The number of benzene rings is 4. The third-order valence-corrected chi connectivity index (χ3v) is 7.41. The normalized spacial score (nSPS) is 14.5. The van der Waals surface area contributed by atoms with Crippen LogP contribution < -0.4 is 19.7 Å². The molecule has 40 heavy (non-hydrogen) atoms. The lowest BCUT2D eigenvalue weighted by atomic mass is 10.0. The summed E-state index contributed by atoms with van der Waals surface area (Å²) < 4.78 is 12.9. The van der Waals surface area contributed by atoms with Crippen LogP contribution in [-0.2, 0) is 22.6 Å². The predicted molar refractivity (Wildman–Crippen MR) is 163 cm³/mol. The van der Waals surface area contributed by atoms with E-state index in [0.717, 1.165) is 30.4 Å². The minimum atomic E-state index is -0.769. The number of urea groups is 1. The first-order valence-corrected chi connectivity index (χ1v) is 14.0. The molecule has 0 spiro atoms. The standard InChI is InChI=1S/C32H27IN2O5/c1-3-21-10-6-8-15-27(21)35-31(37)25(30(36)34-32(35)38)16-20-17-26(33)29(28(18-20)39-4-2)40-19-23-13-9-12-22-11-5-7-14-24(22)23/h5-18H,3-4,19H2,1-2H3,(H,34,36,38)/b25-16-. The zero-order valence-corrected chi connectivity index (χ0v) is 24.2. The lowest BCUT2D eigenvalue weighted by Crippen LogP contribution is -2.54. The molecule has 7 nitrogen and oxygen atoms in total. The number of rotatable bonds is 8. The molecule has 4 amide bonds. The van der Waals surface area contributed by atoms with Crippen molar-refractivity contribution >= 4 is 63.0 Å². The Bertz CT molecular complexity index is 1660. The first kappa shape index (κ1) is 27.4.